The van der Waals surface area contributed by atoms with Crippen LogP contribution in [0.25, 0.3) is 27.8 Å². The fourth-order valence-corrected chi connectivity index (χ4v) is 6.67. The van der Waals surface area contributed by atoms with Gasteiger partial charge in [-0.2, -0.15) is 0 Å². The molecule has 0 bridgehead atoms. The van der Waals surface area contributed by atoms with Crippen LogP contribution in [0.1, 0.15) is 116 Å². The molecular formula is C47H55F6FeP+2. The summed E-state index contributed by atoms with van der Waals surface area (Å²) in [7, 11) is -10.7. The maximum Gasteiger partial charge on any atom is 2.00 e. The molecule has 2 fully saturated rings. The molecule has 0 aliphatic heterocycles. The maximum absolute atomic E-state index is 10.7. The SMILES string of the molecule is CC(C)(C)C1=C/C(=C(/[C]2[CH][CH][CH][CH]2)c2cc(C(C)(C)C)c3ccc(C(C)(C)C)ccc2-3)[c+]2ccc(C(C)(C)C)ccc21.F[P-](F)(F)(F)(F)F.[CH]1[CH][CH][CH][CH]1.[Fe+2]. The molecule has 5 aliphatic rings. The van der Waals surface area contributed by atoms with Crippen LogP contribution in [0.2, 0.25) is 0 Å². The minimum atomic E-state index is -10.7. The van der Waals surface area contributed by atoms with Gasteiger partial charge in [-0.25, -0.2) is 0 Å². The van der Waals surface area contributed by atoms with Crippen LogP contribution in [-0.4, -0.2) is 0 Å². The van der Waals surface area contributed by atoms with E-state index in [4.69, 9.17) is 0 Å². The first-order chi connectivity index (χ1) is 24.3. The predicted molar refractivity (Wildman–Crippen MR) is 220 cm³/mol. The van der Waals surface area contributed by atoms with E-state index in [0.29, 0.717) is 0 Å². The number of hydrogen-bond donors (Lipinski definition) is 0. The van der Waals surface area contributed by atoms with Crippen molar-refractivity contribution in [1.82, 2.24) is 0 Å². The summed E-state index contributed by atoms with van der Waals surface area (Å²) in [6, 6.07) is 21.4. The van der Waals surface area contributed by atoms with Crippen molar-refractivity contribution in [2.45, 2.75) is 99.3 Å². The molecule has 0 saturated heterocycles. The van der Waals surface area contributed by atoms with Gasteiger partial charge in [-0.3, -0.25) is 0 Å². The Labute approximate surface area is 339 Å². The van der Waals surface area contributed by atoms with Crippen LogP contribution >= 0.6 is 7.81 Å². The van der Waals surface area contributed by atoms with Crippen molar-refractivity contribution in [2.75, 3.05) is 0 Å². The second-order valence-corrected chi connectivity index (χ2v) is 20.2. The van der Waals surface area contributed by atoms with Crippen LogP contribution in [0, 0.1) is 69.1 Å². The topological polar surface area (TPSA) is 0 Å². The Balaban J connectivity index is 0.000000536. The summed E-state index contributed by atoms with van der Waals surface area (Å²) in [5, 5.41) is 0. The number of fused-ring (bicyclic) bond motifs is 2. The van der Waals surface area contributed by atoms with E-state index in [-0.39, 0.29) is 38.7 Å². The molecule has 1 aromatic rings. The predicted octanol–water partition coefficient (Wildman–Crippen LogP) is 16.1. The monoisotopic (exact) mass is 820 g/mol. The van der Waals surface area contributed by atoms with Gasteiger partial charge in [0.15, 0.2) is 0 Å². The fourth-order valence-electron chi connectivity index (χ4n) is 6.67. The summed E-state index contributed by atoms with van der Waals surface area (Å²) in [6.45, 7) is 27.9. The summed E-state index contributed by atoms with van der Waals surface area (Å²) in [6.07, 6.45) is 21.4. The molecule has 0 N–H and O–H groups in total. The van der Waals surface area contributed by atoms with Gasteiger partial charge in [0.05, 0.1) is 16.7 Å². The van der Waals surface area contributed by atoms with Crippen molar-refractivity contribution in [3.05, 3.63) is 158 Å². The van der Waals surface area contributed by atoms with Gasteiger partial charge in [-0.1, -0.05) is 86.6 Å². The van der Waals surface area contributed by atoms with E-state index in [1.807, 2.05) is 32.1 Å². The van der Waals surface area contributed by atoms with Gasteiger partial charge in [0.2, 0.25) is 0 Å². The zero-order chi connectivity index (χ0) is 40.8. The van der Waals surface area contributed by atoms with E-state index in [1.165, 1.54) is 67.1 Å². The van der Waals surface area contributed by atoms with Crippen LogP contribution < -0.4 is 0 Å². The van der Waals surface area contributed by atoms with Crippen LogP contribution in [0.5, 0.6) is 0 Å². The van der Waals surface area contributed by atoms with Crippen molar-refractivity contribution < 1.29 is 42.3 Å². The molecule has 0 heterocycles. The Kier molecular flexibility index (Phi) is 13.6. The summed E-state index contributed by atoms with van der Waals surface area (Å²) < 4.78 is 59.2. The van der Waals surface area contributed by atoms with Gasteiger partial charge in [-0.15, -0.1) is 0 Å². The quantitative estimate of drug-likeness (QED) is 0.105. The Morgan fingerprint density at radius 1 is 0.527 bits per heavy atom. The van der Waals surface area contributed by atoms with Gasteiger partial charge in [0.1, 0.15) is 0 Å². The van der Waals surface area contributed by atoms with Gasteiger partial charge in [0, 0.05) is 40.2 Å². The molecular weight excluding hydrogens is 765 g/mol. The number of hydrogen-bond acceptors (Lipinski definition) is 0. The molecule has 296 valence electrons. The normalized spacial score (nSPS) is 18.8. The summed E-state index contributed by atoms with van der Waals surface area (Å²) >= 11 is 0. The van der Waals surface area contributed by atoms with E-state index in [2.05, 4.69) is 169 Å². The van der Waals surface area contributed by atoms with Gasteiger partial charge < -0.3 is 0 Å². The summed E-state index contributed by atoms with van der Waals surface area (Å²) in [5.74, 6) is 1.28. The molecule has 0 atom stereocenters. The average Bonchev–Trinajstić information content (AvgIpc) is 3.77. The van der Waals surface area contributed by atoms with E-state index in [0.717, 1.165) is 0 Å². The third kappa shape index (κ3) is 13.4. The smallest absolute Gasteiger partial charge is 0.0312 e. The summed E-state index contributed by atoms with van der Waals surface area (Å²) in [5.41, 5.74) is 15.1. The first-order valence-corrected chi connectivity index (χ1v) is 20.3. The van der Waals surface area contributed by atoms with E-state index >= 15 is 0 Å². The largest absolute Gasteiger partial charge is 2.00 e. The van der Waals surface area contributed by atoms with Crippen LogP contribution in [-0.2, 0) is 33.3 Å². The minimum absolute atomic E-state index is 0. The molecule has 0 aromatic heterocycles. The Morgan fingerprint density at radius 2 is 0.964 bits per heavy atom. The fraction of sp³-hybridized carbons (Fsp3) is 0.340. The molecule has 2 saturated carbocycles. The zero-order valence-electron chi connectivity index (χ0n) is 34.0. The maximum atomic E-state index is 9.87. The first-order valence-electron chi connectivity index (χ1n) is 18.3. The third-order valence-electron chi connectivity index (χ3n) is 9.43. The molecule has 10 radical (unpaired) electrons. The van der Waals surface area contributed by atoms with Crippen molar-refractivity contribution in [2.24, 2.45) is 5.41 Å². The second-order valence-electron chi connectivity index (χ2n) is 18.3. The van der Waals surface area contributed by atoms with Crippen LogP contribution in [0.3, 0.4) is 0 Å². The van der Waals surface area contributed by atoms with Crippen molar-refractivity contribution >= 4 is 24.5 Å². The molecule has 55 heavy (non-hydrogen) atoms. The molecule has 1 aromatic carbocycles. The van der Waals surface area contributed by atoms with Gasteiger partial charge in [0.25, 0.3) is 0 Å². The van der Waals surface area contributed by atoms with Crippen LogP contribution in [0.4, 0.5) is 25.2 Å². The van der Waals surface area contributed by atoms with Crippen molar-refractivity contribution in [3.63, 3.8) is 0 Å². The second kappa shape index (κ2) is 15.9. The van der Waals surface area contributed by atoms with Crippen molar-refractivity contribution in [1.29, 1.82) is 0 Å². The minimum Gasteiger partial charge on any atom is -0.0312 e. The standard InChI is InChI=1S/C42H50.C5H5.F6P.Fe/c1-39(2,3)28-17-21-30-32(23-19-28)36(41(7,8)9)25-34(30)38(27-15-13-14-16-27)35-26-37(42(10,11)12)33-24-20-29(40(4,5)6)18-22-31(33)35;1-2-4-5-3-1;1-7(2,3,4,5)6;/h13-26H,1-12H3;1-5H;;/q+1;;-1;+2/b38-34+;;;. The Hall–Kier alpha value is -2.20. The van der Waals surface area contributed by atoms with E-state index < -0.39 is 7.81 Å². The van der Waals surface area contributed by atoms with Crippen LogP contribution in [0.15, 0.2) is 60.7 Å². The van der Waals surface area contributed by atoms with E-state index in [1.54, 1.807) is 0 Å². The molecule has 8 heteroatoms. The Morgan fingerprint density at radius 3 is 1.40 bits per heavy atom. The molecule has 0 spiro atoms. The number of rotatable bonds is 2. The molecule has 0 nitrogen and oxygen atoms in total. The molecule has 0 unspecified atom stereocenters. The first kappa shape index (κ1) is 47.2. The molecule has 0 amide bonds. The third-order valence-corrected chi connectivity index (χ3v) is 9.43. The van der Waals surface area contributed by atoms with Gasteiger partial charge in [-0.05, 0) is 147 Å². The number of halogens is 6. The Bertz CT molecular complexity index is 1840. The van der Waals surface area contributed by atoms with Crippen molar-refractivity contribution in [3.8, 4) is 11.1 Å². The summed E-state index contributed by atoms with van der Waals surface area (Å²) in [4.78, 5) is 0. The molecule has 6 rings (SSSR count). The average molecular weight is 821 g/mol. The number of allylic oxidation sites excluding steroid dienone is 4. The zero-order valence-corrected chi connectivity index (χ0v) is 36.0. The van der Waals surface area contributed by atoms with E-state index in [9.17, 15) is 25.2 Å². The molecule has 5 aliphatic carbocycles. The van der Waals surface area contributed by atoms with Gasteiger partial charge >= 0.3 is 50.1 Å².